The number of aliphatic imine (C=N–C) groups is 1. The molecule has 0 heterocycles. The Hall–Kier alpha value is -6.61. The number of nitrogens with one attached hydrogen (secondary N) is 1. The number of terminal acetylenes is 1. The van der Waals surface area contributed by atoms with Gasteiger partial charge < -0.3 is 5.32 Å². The molecule has 0 radical (unpaired) electrons. The zero-order valence-electron chi connectivity index (χ0n) is 29.0. The van der Waals surface area contributed by atoms with E-state index in [0.29, 0.717) is 0 Å². The summed E-state index contributed by atoms with van der Waals surface area (Å²) in [6.07, 6.45) is -2.20. The van der Waals surface area contributed by atoms with Crippen molar-refractivity contribution in [2.75, 3.05) is 0 Å². The Bertz CT molecular complexity index is 2380. The average molecular weight is 751 g/mol. The van der Waals surface area contributed by atoms with E-state index < -0.39 is 29.4 Å². The van der Waals surface area contributed by atoms with Gasteiger partial charge >= 0.3 is 12.4 Å². The number of hydrogen-bond donors (Lipinski definition) is 1. The number of isocyanates is 1. The molecule has 55 heavy (non-hydrogen) atoms. The first kappa shape index (κ1) is 42.8. The number of amides is 1. The lowest BCUT2D eigenvalue weighted by Gasteiger charge is -2.15. The summed E-state index contributed by atoms with van der Waals surface area (Å²) < 4.78 is 74.3. The maximum absolute atomic E-state index is 12.7. The van der Waals surface area contributed by atoms with Gasteiger partial charge in [0.05, 0.1) is 23.2 Å². The first-order valence-electron chi connectivity index (χ1n) is 16.4. The van der Waals surface area contributed by atoms with E-state index >= 15 is 0 Å². The number of nitrogens with zero attached hydrogens (tertiary/aromatic N) is 1. The highest BCUT2D eigenvalue weighted by Crippen LogP contribution is 2.31. The van der Waals surface area contributed by atoms with Crippen molar-refractivity contribution in [2.45, 2.75) is 45.7 Å². The van der Waals surface area contributed by atoms with Gasteiger partial charge in [-0.05, 0) is 82.9 Å². The first-order valence-corrected chi connectivity index (χ1v) is 16.4. The van der Waals surface area contributed by atoms with Crippen LogP contribution in [0.5, 0.6) is 0 Å². The predicted molar refractivity (Wildman–Crippen MR) is 205 cm³/mol. The smallest absolute Gasteiger partial charge is 0.339 e. The Morgan fingerprint density at radius 1 is 0.655 bits per heavy atom. The Kier molecular flexibility index (Phi) is 15.1. The SMILES string of the molecule is C.C#Cc1cccc(C(F)(F)F)c1.C[C@@H](N=C=O)c1cccc2ccccc12.C[C@@H](NC(=O)C#Cc1cccc(C(F)(F)F)c1)c1cccc2ccccc12. The second-order valence-electron chi connectivity index (χ2n) is 11.8. The summed E-state index contributed by atoms with van der Waals surface area (Å²) >= 11 is 0. The summed E-state index contributed by atoms with van der Waals surface area (Å²) in [5.41, 5.74) is 0.887. The maximum Gasteiger partial charge on any atom is 0.416 e. The topological polar surface area (TPSA) is 58.5 Å². The number of fused-ring (bicyclic) bond motifs is 2. The minimum absolute atomic E-state index is 0. The van der Waals surface area contributed by atoms with Crippen LogP contribution in [-0.4, -0.2) is 12.0 Å². The molecule has 6 aromatic rings. The van der Waals surface area contributed by atoms with Gasteiger partial charge in [-0.1, -0.05) is 116 Å². The molecule has 0 spiro atoms. The zero-order valence-corrected chi connectivity index (χ0v) is 29.0. The molecule has 0 aliphatic rings. The molecule has 0 bridgehead atoms. The van der Waals surface area contributed by atoms with E-state index in [1.807, 2.05) is 86.6 Å². The maximum atomic E-state index is 12.7. The molecule has 1 N–H and O–H groups in total. The van der Waals surface area contributed by atoms with Crippen LogP contribution in [0, 0.1) is 24.2 Å². The molecule has 1 amide bonds. The predicted octanol–water partition coefficient (Wildman–Crippen LogP) is 11.6. The molecule has 6 rings (SSSR count). The van der Waals surface area contributed by atoms with E-state index in [-0.39, 0.29) is 30.6 Å². The molecule has 0 aliphatic carbocycles. The Balaban J connectivity index is 0.000000244. The first-order chi connectivity index (χ1) is 25.7. The molecule has 0 unspecified atom stereocenters. The van der Waals surface area contributed by atoms with Gasteiger partial charge in [0.1, 0.15) is 0 Å². The van der Waals surface area contributed by atoms with E-state index in [2.05, 4.69) is 40.2 Å². The summed E-state index contributed by atoms with van der Waals surface area (Å²) in [5.74, 6) is 6.44. The summed E-state index contributed by atoms with van der Waals surface area (Å²) in [7, 11) is 0. The molecule has 10 heteroatoms. The molecule has 0 saturated heterocycles. The lowest BCUT2D eigenvalue weighted by Crippen LogP contribution is -2.25. The number of hydrogen-bond acceptors (Lipinski definition) is 3. The lowest BCUT2D eigenvalue weighted by molar-refractivity contribution is -0.138. The number of carbonyl (C=O) groups excluding carboxylic acids is 2. The third kappa shape index (κ3) is 12.2. The second-order valence-corrected chi connectivity index (χ2v) is 11.8. The fraction of sp³-hybridized carbons (Fsp3) is 0.156. The van der Waals surface area contributed by atoms with E-state index in [0.717, 1.165) is 51.6 Å². The van der Waals surface area contributed by atoms with Gasteiger partial charge in [-0.2, -0.15) is 31.3 Å². The molecule has 6 aromatic carbocycles. The number of benzene rings is 6. The minimum Gasteiger partial charge on any atom is -0.339 e. The zero-order chi connectivity index (χ0) is 39.3. The third-order valence-corrected chi connectivity index (χ3v) is 8.02. The summed E-state index contributed by atoms with van der Waals surface area (Å²) in [6, 6.07) is 36.6. The van der Waals surface area contributed by atoms with Gasteiger partial charge in [0, 0.05) is 17.0 Å². The van der Waals surface area contributed by atoms with Gasteiger partial charge in [0.15, 0.2) is 0 Å². The van der Waals surface area contributed by atoms with Crippen molar-refractivity contribution in [1.29, 1.82) is 0 Å². The number of alkyl halides is 6. The molecule has 4 nitrogen and oxygen atoms in total. The van der Waals surface area contributed by atoms with Crippen LogP contribution in [0.1, 0.15) is 66.7 Å². The summed E-state index contributed by atoms with van der Waals surface area (Å²) in [5, 5.41) is 7.17. The standard InChI is InChI=1S/C22H16F3NO.C13H11NO.C9H5F3.CH4/c1-15(19-11-5-8-17-7-2-3-10-20(17)19)26-21(27)13-12-16-6-4-9-18(14-16)22(23,24)25;1-10(14-9-15)12-8-4-6-11-5-2-3-7-13(11)12;1-2-7-4-3-5-8(6-7)9(10,11)12;/h2-11,14-15H,1H3,(H,26,27);2-8,10H,1H3;1,3-6H;1H4/t15-;10-;;/m11../s1. The third-order valence-electron chi connectivity index (χ3n) is 8.02. The quantitative estimate of drug-likeness (QED) is 0.0844. The van der Waals surface area contributed by atoms with Gasteiger partial charge in [0.25, 0.3) is 5.91 Å². The monoisotopic (exact) mass is 750 g/mol. The summed E-state index contributed by atoms with van der Waals surface area (Å²) in [4.78, 5) is 26.1. The van der Waals surface area contributed by atoms with Crippen LogP contribution in [-0.2, 0) is 21.9 Å². The Morgan fingerprint density at radius 3 is 1.64 bits per heavy atom. The highest BCUT2D eigenvalue weighted by molar-refractivity contribution is 5.95. The molecule has 0 aromatic heterocycles. The van der Waals surface area contributed by atoms with Crippen LogP contribution < -0.4 is 5.32 Å². The van der Waals surface area contributed by atoms with Crippen molar-refractivity contribution in [1.82, 2.24) is 5.32 Å². The van der Waals surface area contributed by atoms with Crippen molar-refractivity contribution in [3.05, 3.63) is 167 Å². The number of rotatable bonds is 4. The molecular weight excluding hydrogens is 714 g/mol. The van der Waals surface area contributed by atoms with Crippen LogP contribution in [0.15, 0.2) is 138 Å². The fourth-order valence-electron chi connectivity index (χ4n) is 5.39. The second kappa shape index (κ2) is 19.5. The molecule has 280 valence electrons. The van der Waals surface area contributed by atoms with E-state index in [4.69, 9.17) is 6.42 Å². The van der Waals surface area contributed by atoms with Gasteiger partial charge in [-0.15, -0.1) is 6.42 Å². The van der Waals surface area contributed by atoms with Crippen molar-refractivity contribution in [3.8, 4) is 24.2 Å². The van der Waals surface area contributed by atoms with Crippen molar-refractivity contribution >= 4 is 33.5 Å². The highest BCUT2D eigenvalue weighted by atomic mass is 19.4. The van der Waals surface area contributed by atoms with E-state index in [1.165, 1.54) is 29.7 Å². The molecule has 0 aliphatic heterocycles. The largest absolute Gasteiger partial charge is 0.416 e. The van der Waals surface area contributed by atoms with E-state index in [9.17, 15) is 35.9 Å². The highest BCUT2D eigenvalue weighted by Gasteiger charge is 2.31. The van der Waals surface area contributed by atoms with Crippen molar-refractivity contribution < 1.29 is 35.9 Å². The van der Waals surface area contributed by atoms with Gasteiger partial charge in [-0.3, -0.25) is 4.79 Å². The fourth-order valence-corrected chi connectivity index (χ4v) is 5.39. The minimum atomic E-state index is -4.44. The van der Waals surface area contributed by atoms with Crippen LogP contribution >= 0.6 is 0 Å². The Morgan fingerprint density at radius 2 is 1.11 bits per heavy atom. The molecular formula is C45H36F6N2O2. The number of halogens is 6. The van der Waals surface area contributed by atoms with Crippen molar-refractivity contribution in [2.24, 2.45) is 4.99 Å². The van der Waals surface area contributed by atoms with Crippen LogP contribution in [0.4, 0.5) is 26.3 Å². The molecule has 0 saturated carbocycles. The molecule has 0 fully saturated rings. The van der Waals surface area contributed by atoms with Crippen LogP contribution in [0.2, 0.25) is 0 Å². The number of carbonyl (C=O) groups is 1. The average Bonchev–Trinajstić information content (AvgIpc) is 3.16. The Labute approximate surface area is 315 Å². The van der Waals surface area contributed by atoms with Crippen LogP contribution in [0.3, 0.4) is 0 Å². The lowest BCUT2D eigenvalue weighted by atomic mass is 10.00. The summed E-state index contributed by atoms with van der Waals surface area (Å²) in [6.45, 7) is 3.73. The molecule has 2 atom stereocenters. The van der Waals surface area contributed by atoms with Crippen LogP contribution in [0.25, 0.3) is 21.5 Å². The normalized spacial score (nSPS) is 11.6. The van der Waals surface area contributed by atoms with E-state index in [1.54, 1.807) is 6.08 Å². The van der Waals surface area contributed by atoms with Crippen molar-refractivity contribution in [3.63, 3.8) is 0 Å². The van der Waals surface area contributed by atoms with Gasteiger partial charge in [-0.25, -0.2) is 4.79 Å². The van der Waals surface area contributed by atoms with Gasteiger partial charge in [0.2, 0.25) is 6.08 Å².